The third-order valence-electron chi connectivity index (χ3n) is 6.76. The van der Waals surface area contributed by atoms with Gasteiger partial charge in [0.2, 0.25) is 0 Å². The van der Waals surface area contributed by atoms with Crippen LogP contribution in [0.15, 0.2) is 154 Å². The van der Waals surface area contributed by atoms with Gasteiger partial charge in [-0.1, -0.05) is 162 Å². The maximum atomic E-state index is 10.1. The van der Waals surface area contributed by atoms with E-state index in [2.05, 4.69) is 179 Å². The van der Waals surface area contributed by atoms with Gasteiger partial charge in [0.1, 0.15) is 0 Å². The van der Waals surface area contributed by atoms with Crippen molar-refractivity contribution in [1.29, 1.82) is 0 Å². The van der Waals surface area contributed by atoms with Gasteiger partial charge in [-0.25, -0.2) is 0 Å². The largest absolute Gasteiger partial charge is 0.393 e. The standard InChI is InChI=1S/C40H54O/c1-31(2)17-13-20-34(5)23-15-25-35(6)24-14-21-32(3)18-11-12-19-33(4)22-16-26-36(7)27-28-39-37(8)29-38(41)30-40(39,9)10/h11-28,38,41H,29-30H2,1-10H3/b12-11+,20-13-,21-14+,22-16+,25-15+,28-27+,32-18+,33-19+,34-23-,35-24+,36-26+/t38-/m1/s1. The normalized spacial score (nSPS) is 20.4. The van der Waals surface area contributed by atoms with Crippen LogP contribution in [0.25, 0.3) is 0 Å². The van der Waals surface area contributed by atoms with Crippen LogP contribution >= 0.6 is 0 Å². The van der Waals surface area contributed by atoms with E-state index in [9.17, 15) is 5.11 Å². The van der Waals surface area contributed by atoms with Crippen molar-refractivity contribution in [2.45, 2.75) is 88.2 Å². The summed E-state index contributed by atoms with van der Waals surface area (Å²) in [6.45, 7) is 21.3. The zero-order valence-electron chi connectivity index (χ0n) is 27.3. The Morgan fingerprint density at radius 2 is 0.951 bits per heavy atom. The fraction of sp³-hybridized carbons (Fsp3) is 0.350. The molecule has 1 aliphatic rings. The van der Waals surface area contributed by atoms with Crippen LogP contribution < -0.4 is 0 Å². The lowest BCUT2D eigenvalue weighted by Gasteiger charge is -2.35. The Morgan fingerprint density at radius 1 is 0.585 bits per heavy atom. The lowest BCUT2D eigenvalue weighted by molar-refractivity contribution is 0.116. The van der Waals surface area contributed by atoms with Crippen LogP contribution in [0.1, 0.15) is 82.1 Å². The van der Waals surface area contributed by atoms with Gasteiger partial charge in [0, 0.05) is 0 Å². The molecule has 1 aliphatic carbocycles. The highest BCUT2D eigenvalue weighted by molar-refractivity contribution is 5.38. The first-order valence-corrected chi connectivity index (χ1v) is 14.7. The molecule has 0 saturated carbocycles. The van der Waals surface area contributed by atoms with Gasteiger partial charge in [-0.05, 0) is 79.2 Å². The molecule has 0 heterocycles. The number of aliphatic hydroxyl groups is 1. The van der Waals surface area contributed by atoms with Gasteiger partial charge in [0.05, 0.1) is 6.10 Å². The summed E-state index contributed by atoms with van der Waals surface area (Å²) >= 11 is 0. The summed E-state index contributed by atoms with van der Waals surface area (Å²) < 4.78 is 0. The average molecular weight is 551 g/mol. The molecule has 0 spiro atoms. The predicted octanol–water partition coefficient (Wildman–Crippen LogP) is 11.5. The first kappa shape index (κ1) is 35.6. The van der Waals surface area contributed by atoms with E-state index in [1.54, 1.807) is 0 Å². The molecule has 0 fully saturated rings. The molecule has 1 atom stereocenters. The van der Waals surface area contributed by atoms with E-state index >= 15 is 0 Å². The third-order valence-corrected chi connectivity index (χ3v) is 6.76. The Bertz CT molecular complexity index is 1260. The van der Waals surface area contributed by atoms with Gasteiger partial charge >= 0.3 is 0 Å². The Morgan fingerprint density at radius 3 is 1.34 bits per heavy atom. The maximum Gasteiger partial charge on any atom is 0.0585 e. The van der Waals surface area contributed by atoms with E-state index in [1.807, 2.05) is 0 Å². The van der Waals surface area contributed by atoms with E-state index in [1.165, 1.54) is 44.6 Å². The molecule has 0 bridgehead atoms. The summed E-state index contributed by atoms with van der Waals surface area (Å²) in [7, 11) is 0. The van der Waals surface area contributed by atoms with E-state index in [4.69, 9.17) is 0 Å². The lowest BCUT2D eigenvalue weighted by Crippen LogP contribution is -2.28. The molecule has 0 amide bonds. The van der Waals surface area contributed by atoms with Gasteiger partial charge in [-0.3, -0.25) is 0 Å². The van der Waals surface area contributed by atoms with Gasteiger partial charge in [-0.2, -0.15) is 0 Å². The Kier molecular flexibility index (Phi) is 16.4. The van der Waals surface area contributed by atoms with Crippen LogP contribution in [0.5, 0.6) is 0 Å². The second-order valence-corrected chi connectivity index (χ2v) is 12.1. The summed E-state index contributed by atoms with van der Waals surface area (Å²) in [5.74, 6) is 0. The summed E-state index contributed by atoms with van der Waals surface area (Å²) in [4.78, 5) is 0. The van der Waals surface area contributed by atoms with Crippen molar-refractivity contribution in [2.75, 3.05) is 0 Å². The van der Waals surface area contributed by atoms with E-state index in [-0.39, 0.29) is 11.5 Å². The summed E-state index contributed by atoms with van der Waals surface area (Å²) in [6.07, 6.45) is 39.5. The predicted molar refractivity (Wildman–Crippen MR) is 185 cm³/mol. The Hall–Kier alpha value is -3.42. The van der Waals surface area contributed by atoms with E-state index < -0.39 is 0 Å². The minimum absolute atomic E-state index is 0.00964. The van der Waals surface area contributed by atoms with E-state index in [0.29, 0.717) is 0 Å². The highest BCUT2D eigenvalue weighted by Crippen LogP contribution is 2.41. The van der Waals surface area contributed by atoms with Crippen molar-refractivity contribution in [2.24, 2.45) is 5.41 Å². The topological polar surface area (TPSA) is 20.2 Å². The monoisotopic (exact) mass is 550 g/mol. The fourth-order valence-electron chi connectivity index (χ4n) is 4.53. The lowest BCUT2D eigenvalue weighted by atomic mass is 9.71. The quantitative estimate of drug-likeness (QED) is 0.240. The van der Waals surface area contributed by atoms with Crippen LogP contribution in [0, 0.1) is 5.41 Å². The molecular weight excluding hydrogens is 496 g/mol. The summed E-state index contributed by atoms with van der Waals surface area (Å²) in [6, 6.07) is 0. The molecule has 1 nitrogen and oxygen atoms in total. The summed E-state index contributed by atoms with van der Waals surface area (Å²) in [5, 5.41) is 10.1. The van der Waals surface area contributed by atoms with E-state index in [0.717, 1.165) is 12.8 Å². The van der Waals surface area contributed by atoms with Gasteiger partial charge in [-0.15, -0.1) is 0 Å². The molecule has 0 unspecified atom stereocenters. The molecular formula is C40H54O. The second-order valence-electron chi connectivity index (χ2n) is 12.1. The molecule has 0 saturated heterocycles. The van der Waals surface area contributed by atoms with Gasteiger partial charge in [0.15, 0.2) is 0 Å². The number of hydrogen-bond donors (Lipinski definition) is 1. The second kappa shape index (κ2) is 18.8. The van der Waals surface area contributed by atoms with Crippen molar-refractivity contribution in [3.63, 3.8) is 0 Å². The SMILES string of the molecule is CC(C)=C\C=C/C(C)=C\C=C\C(C)=C\C=C\C(C)=C\C=C\C=C(C)\C=C\C=C(C)\C=C\C1=C(C)C[C@@H](O)CC1(C)C. The number of hydrogen-bond acceptors (Lipinski definition) is 1. The minimum atomic E-state index is -0.223. The van der Waals surface area contributed by atoms with Crippen LogP contribution in [-0.4, -0.2) is 11.2 Å². The molecule has 41 heavy (non-hydrogen) atoms. The van der Waals surface area contributed by atoms with Crippen LogP contribution in [0.2, 0.25) is 0 Å². The third kappa shape index (κ3) is 16.4. The maximum absolute atomic E-state index is 10.1. The van der Waals surface area contributed by atoms with Gasteiger partial charge in [0.25, 0.3) is 0 Å². The van der Waals surface area contributed by atoms with Crippen molar-refractivity contribution in [1.82, 2.24) is 0 Å². The molecule has 1 rings (SSSR count). The smallest absolute Gasteiger partial charge is 0.0585 e. The van der Waals surface area contributed by atoms with Crippen molar-refractivity contribution < 1.29 is 5.11 Å². The van der Waals surface area contributed by atoms with Crippen molar-refractivity contribution in [3.05, 3.63) is 154 Å². The molecule has 0 radical (unpaired) electrons. The Labute approximate surface area is 252 Å². The first-order chi connectivity index (χ1) is 19.3. The number of allylic oxidation sites excluding steroid dienone is 25. The highest BCUT2D eigenvalue weighted by Gasteiger charge is 2.31. The minimum Gasteiger partial charge on any atom is -0.393 e. The highest BCUT2D eigenvalue weighted by atomic mass is 16.3. The molecule has 1 N–H and O–H groups in total. The zero-order valence-corrected chi connectivity index (χ0v) is 27.3. The van der Waals surface area contributed by atoms with Crippen LogP contribution in [-0.2, 0) is 0 Å². The number of aliphatic hydroxyl groups excluding tert-OH is 1. The average Bonchev–Trinajstić information content (AvgIpc) is 2.85. The molecule has 1 heteroatoms. The molecule has 0 aromatic rings. The molecule has 220 valence electrons. The number of rotatable bonds is 12. The van der Waals surface area contributed by atoms with Crippen molar-refractivity contribution in [3.8, 4) is 0 Å². The van der Waals surface area contributed by atoms with Crippen molar-refractivity contribution >= 4 is 0 Å². The fourth-order valence-corrected chi connectivity index (χ4v) is 4.53. The molecule has 0 aromatic carbocycles. The first-order valence-electron chi connectivity index (χ1n) is 14.7. The molecule has 0 aromatic heterocycles. The van der Waals surface area contributed by atoms with Gasteiger partial charge < -0.3 is 5.11 Å². The zero-order chi connectivity index (χ0) is 30.8. The van der Waals surface area contributed by atoms with Crippen LogP contribution in [0.4, 0.5) is 0 Å². The molecule has 0 aliphatic heterocycles. The van der Waals surface area contributed by atoms with Crippen LogP contribution in [0.3, 0.4) is 0 Å². The Balaban J connectivity index is 2.63. The summed E-state index contributed by atoms with van der Waals surface area (Å²) in [5.41, 5.74) is 9.97.